The van der Waals surface area contributed by atoms with Crippen molar-refractivity contribution in [3.8, 4) is 5.75 Å². The molecule has 0 aliphatic carbocycles. The lowest BCUT2D eigenvalue weighted by Gasteiger charge is -2.12. The highest BCUT2D eigenvalue weighted by Crippen LogP contribution is 2.19. The van der Waals surface area contributed by atoms with Gasteiger partial charge in [0.15, 0.2) is 0 Å². The summed E-state index contributed by atoms with van der Waals surface area (Å²) in [7, 11) is 0. The molecule has 6 heteroatoms. The highest BCUT2D eigenvalue weighted by Gasteiger charge is 2.37. The molecule has 3 aromatic carbocycles. The Morgan fingerprint density at radius 3 is 2.17 bits per heavy atom. The molecular formula is C24H18N2O4. The van der Waals surface area contributed by atoms with E-state index in [0.717, 1.165) is 10.6 Å². The van der Waals surface area contributed by atoms with Gasteiger partial charge >= 0.3 is 0 Å². The van der Waals surface area contributed by atoms with Gasteiger partial charge in [0.2, 0.25) is 0 Å². The molecule has 30 heavy (non-hydrogen) atoms. The molecule has 148 valence electrons. The third kappa shape index (κ3) is 4.12. The van der Waals surface area contributed by atoms with Gasteiger partial charge in [0, 0.05) is 5.56 Å². The van der Waals surface area contributed by atoms with Gasteiger partial charge in [-0.25, -0.2) is 0 Å². The van der Waals surface area contributed by atoms with Crippen molar-refractivity contribution in [3.63, 3.8) is 0 Å². The van der Waals surface area contributed by atoms with Gasteiger partial charge in [-0.05, 0) is 41.5 Å². The number of benzene rings is 3. The first-order chi connectivity index (χ1) is 14.6. The van der Waals surface area contributed by atoms with Crippen LogP contribution < -0.4 is 10.2 Å². The van der Waals surface area contributed by atoms with Gasteiger partial charge in [-0.1, -0.05) is 60.7 Å². The Morgan fingerprint density at radius 2 is 1.50 bits per heavy atom. The second-order valence-corrected chi connectivity index (χ2v) is 6.65. The van der Waals surface area contributed by atoms with Crippen LogP contribution in [0.1, 0.15) is 21.5 Å². The fourth-order valence-electron chi connectivity index (χ4n) is 2.98. The normalized spacial score (nSPS) is 14.7. The van der Waals surface area contributed by atoms with Crippen LogP contribution in [0.3, 0.4) is 0 Å². The van der Waals surface area contributed by atoms with Crippen molar-refractivity contribution < 1.29 is 19.1 Å². The largest absolute Gasteiger partial charge is 0.489 e. The maximum Gasteiger partial charge on any atom is 0.285 e. The quantitative estimate of drug-likeness (QED) is 0.406. The van der Waals surface area contributed by atoms with Crippen LogP contribution in [0.5, 0.6) is 5.75 Å². The Morgan fingerprint density at radius 1 is 0.867 bits per heavy atom. The molecule has 0 unspecified atom stereocenters. The number of hydrogen-bond acceptors (Lipinski definition) is 4. The average molecular weight is 398 g/mol. The molecule has 1 saturated heterocycles. The van der Waals surface area contributed by atoms with Crippen LogP contribution in [0, 0.1) is 0 Å². The van der Waals surface area contributed by atoms with Gasteiger partial charge in [0.1, 0.15) is 17.9 Å². The molecule has 1 N–H and O–H groups in total. The topological polar surface area (TPSA) is 75.7 Å². The number of carbonyl (C=O) groups excluding carboxylic acids is 3. The van der Waals surface area contributed by atoms with E-state index < -0.39 is 17.7 Å². The van der Waals surface area contributed by atoms with E-state index in [1.54, 1.807) is 54.6 Å². The fourth-order valence-corrected chi connectivity index (χ4v) is 2.98. The summed E-state index contributed by atoms with van der Waals surface area (Å²) in [6.07, 6.45) is 1.46. The van der Waals surface area contributed by atoms with Crippen LogP contribution in [0.25, 0.3) is 6.08 Å². The van der Waals surface area contributed by atoms with Crippen LogP contribution in [0.2, 0.25) is 0 Å². The standard InChI is InChI=1S/C24H18N2O4/c27-22-21(24(29)26(25-22)23(28)19-9-5-2-6-10-19)15-17-11-13-20(14-12-17)30-16-18-7-3-1-4-8-18/h1-15H,16H2,(H,25,27)/b21-15+. The summed E-state index contributed by atoms with van der Waals surface area (Å²) >= 11 is 0. The van der Waals surface area contributed by atoms with Gasteiger partial charge in [-0.15, -0.1) is 0 Å². The summed E-state index contributed by atoms with van der Waals surface area (Å²) in [5, 5.41) is 0.737. The Hall–Kier alpha value is -4.19. The average Bonchev–Trinajstić information content (AvgIpc) is 3.07. The maximum atomic E-state index is 12.6. The molecule has 4 rings (SSSR count). The fraction of sp³-hybridized carbons (Fsp3) is 0.0417. The first-order valence-electron chi connectivity index (χ1n) is 9.35. The molecular weight excluding hydrogens is 380 g/mol. The molecule has 0 bridgehead atoms. The molecule has 0 radical (unpaired) electrons. The van der Waals surface area contributed by atoms with Crippen molar-refractivity contribution in [2.24, 2.45) is 0 Å². The lowest BCUT2D eigenvalue weighted by atomic mass is 10.1. The Labute approximate surface area is 173 Å². The number of carbonyl (C=O) groups is 3. The summed E-state index contributed by atoms with van der Waals surface area (Å²) in [6, 6.07) is 25.1. The molecule has 1 fully saturated rings. The molecule has 0 saturated carbocycles. The number of rotatable bonds is 5. The highest BCUT2D eigenvalue weighted by molar-refractivity contribution is 6.30. The second-order valence-electron chi connectivity index (χ2n) is 6.65. The molecule has 3 amide bonds. The second kappa shape index (κ2) is 8.45. The lowest BCUT2D eigenvalue weighted by molar-refractivity contribution is -0.125. The molecule has 1 aliphatic rings. The molecule has 0 aromatic heterocycles. The number of hydrogen-bond donors (Lipinski definition) is 1. The maximum absolute atomic E-state index is 12.6. The minimum Gasteiger partial charge on any atom is -0.489 e. The summed E-state index contributed by atoms with van der Waals surface area (Å²) in [5.41, 5.74) is 4.24. The number of ether oxygens (including phenoxy) is 1. The third-order valence-corrected chi connectivity index (χ3v) is 4.55. The number of imide groups is 1. The van der Waals surface area contributed by atoms with Crippen molar-refractivity contribution in [2.75, 3.05) is 0 Å². The lowest BCUT2D eigenvalue weighted by Crippen LogP contribution is -2.41. The molecule has 1 heterocycles. The van der Waals surface area contributed by atoms with E-state index in [2.05, 4.69) is 5.43 Å². The summed E-state index contributed by atoms with van der Waals surface area (Å²) in [4.78, 5) is 37.3. The molecule has 1 aliphatic heterocycles. The first kappa shape index (κ1) is 19.1. The molecule has 0 atom stereocenters. The van der Waals surface area contributed by atoms with Crippen molar-refractivity contribution in [1.29, 1.82) is 0 Å². The minimum atomic E-state index is -0.682. The van der Waals surface area contributed by atoms with Crippen molar-refractivity contribution in [1.82, 2.24) is 10.4 Å². The monoisotopic (exact) mass is 398 g/mol. The number of hydrazine groups is 1. The predicted octanol–water partition coefficient (Wildman–Crippen LogP) is 3.36. The first-order valence-corrected chi connectivity index (χ1v) is 9.35. The van der Waals surface area contributed by atoms with Gasteiger partial charge in [0.05, 0.1) is 0 Å². The van der Waals surface area contributed by atoms with Crippen LogP contribution in [-0.2, 0) is 16.2 Å². The zero-order valence-electron chi connectivity index (χ0n) is 15.9. The van der Waals surface area contributed by atoms with Gasteiger partial charge < -0.3 is 4.74 Å². The highest BCUT2D eigenvalue weighted by atomic mass is 16.5. The minimum absolute atomic E-state index is 0.0998. The predicted molar refractivity (Wildman–Crippen MR) is 111 cm³/mol. The summed E-state index contributed by atoms with van der Waals surface area (Å²) in [5.74, 6) is -1.21. The van der Waals surface area contributed by atoms with Crippen LogP contribution >= 0.6 is 0 Å². The van der Waals surface area contributed by atoms with Crippen LogP contribution in [-0.4, -0.2) is 22.7 Å². The van der Waals surface area contributed by atoms with E-state index >= 15 is 0 Å². The van der Waals surface area contributed by atoms with Crippen molar-refractivity contribution >= 4 is 23.8 Å². The summed E-state index contributed by atoms with van der Waals surface area (Å²) < 4.78 is 5.74. The third-order valence-electron chi connectivity index (χ3n) is 4.55. The van der Waals surface area contributed by atoms with Crippen molar-refractivity contribution in [2.45, 2.75) is 6.61 Å². The van der Waals surface area contributed by atoms with Gasteiger partial charge in [0.25, 0.3) is 17.7 Å². The van der Waals surface area contributed by atoms with Crippen molar-refractivity contribution in [3.05, 3.63) is 107 Å². The van der Waals surface area contributed by atoms with E-state index in [1.807, 2.05) is 30.3 Å². The molecule has 3 aromatic rings. The van der Waals surface area contributed by atoms with Gasteiger partial charge in [-0.3, -0.25) is 19.8 Å². The van der Waals surface area contributed by atoms with E-state index in [9.17, 15) is 14.4 Å². The zero-order valence-corrected chi connectivity index (χ0v) is 15.9. The van der Waals surface area contributed by atoms with E-state index in [0.29, 0.717) is 23.5 Å². The molecule has 0 spiro atoms. The smallest absolute Gasteiger partial charge is 0.285 e. The summed E-state index contributed by atoms with van der Waals surface area (Å²) in [6.45, 7) is 0.443. The Balaban J connectivity index is 1.45. The molecule has 6 nitrogen and oxygen atoms in total. The van der Waals surface area contributed by atoms with Crippen LogP contribution in [0.4, 0.5) is 0 Å². The zero-order chi connectivity index (χ0) is 20.9. The van der Waals surface area contributed by atoms with E-state index in [1.165, 1.54) is 6.08 Å². The van der Waals surface area contributed by atoms with E-state index in [4.69, 9.17) is 4.74 Å². The number of nitrogens with one attached hydrogen (secondary N) is 1. The SMILES string of the molecule is O=C1NN(C(=O)c2ccccc2)C(=O)/C1=C/c1ccc(OCc2ccccc2)cc1. The van der Waals surface area contributed by atoms with Crippen LogP contribution in [0.15, 0.2) is 90.5 Å². The Bertz CT molecular complexity index is 1110. The Kier molecular flexibility index (Phi) is 5.39. The van der Waals surface area contributed by atoms with E-state index in [-0.39, 0.29) is 5.57 Å². The van der Waals surface area contributed by atoms with Gasteiger partial charge in [-0.2, -0.15) is 5.01 Å². The number of amides is 3. The number of nitrogens with zero attached hydrogens (tertiary/aromatic N) is 1.